The third-order valence-electron chi connectivity index (χ3n) is 4.07. The molecule has 3 rings (SSSR count). The molecule has 0 atom stereocenters. The molecule has 0 aliphatic heterocycles. The van der Waals surface area contributed by atoms with Crippen molar-refractivity contribution in [3.8, 4) is 0 Å². The molecule has 0 fully saturated rings. The number of nitrogens with zero attached hydrogens (tertiary/aromatic N) is 1. The van der Waals surface area contributed by atoms with Crippen LogP contribution in [0, 0.1) is 10.1 Å². The number of halogens is 2. The van der Waals surface area contributed by atoms with E-state index in [1.807, 2.05) is 0 Å². The van der Waals surface area contributed by atoms with Crippen molar-refractivity contribution in [1.29, 1.82) is 0 Å². The molecule has 0 saturated carbocycles. The largest absolute Gasteiger partial charge is 0.321 e. The standard InChI is InChI=1S/C20H12Cl2N2O5/c21-13-4-3-12-8-15(20(27)23-17(12)9-13)19(26)10-14(25)5-1-11-2-6-16(22)18(7-11)24(28)29/h1-9H,10H2,(H,23,27)/b5-1-. The van der Waals surface area contributed by atoms with E-state index in [0.29, 0.717) is 21.5 Å². The number of nitro benzene ring substituents is 1. The smallest absolute Gasteiger partial charge is 0.288 e. The molecule has 9 heteroatoms. The second-order valence-electron chi connectivity index (χ2n) is 6.11. The van der Waals surface area contributed by atoms with E-state index in [-0.39, 0.29) is 16.3 Å². The zero-order valence-corrected chi connectivity index (χ0v) is 16.2. The number of Topliss-reactive ketones (excluding diaryl/α,β-unsaturated/α-hetero) is 1. The highest BCUT2D eigenvalue weighted by Gasteiger charge is 2.15. The second kappa shape index (κ2) is 8.38. The number of H-pyrrole nitrogens is 1. The third-order valence-corrected chi connectivity index (χ3v) is 4.63. The van der Waals surface area contributed by atoms with Gasteiger partial charge in [0.05, 0.1) is 16.9 Å². The number of rotatable bonds is 6. The highest BCUT2D eigenvalue weighted by molar-refractivity contribution is 6.32. The summed E-state index contributed by atoms with van der Waals surface area (Å²) in [6.07, 6.45) is 1.94. The molecule has 0 spiro atoms. The number of fused-ring (bicyclic) bond motifs is 1. The average Bonchev–Trinajstić information content (AvgIpc) is 2.66. The Bertz CT molecular complexity index is 1250. The number of hydrogen-bond donors (Lipinski definition) is 1. The van der Waals surface area contributed by atoms with Crippen molar-refractivity contribution in [2.75, 3.05) is 0 Å². The first-order valence-corrected chi connectivity index (χ1v) is 9.01. The summed E-state index contributed by atoms with van der Waals surface area (Å²) in [7, 11) is 0. The topological polar surface area (TPSA) is 110 Å². The number of nitro groups is 1. The van der Waals surface area contributed by atoms with Gasteiger partial charge in [-0.2, -0.15) is 0 Å². The van der Waals surface area contributed by atoms with Gasteiger partial charge in [0.1, 0.15) is 5.02 Å². The maximum atomic E-state index is 12.4. The Hall–Kier alpha value is -3.29. The predicted octanol–water partition coefficient (Wildman–Crippen LogP) is 4.60. The van der Waals surface area contributed by atoms with Crippen molar-refractivity contribution in [2.45, 2.75) is 6.42 Å². The molecule has 0 saturated heterocycles. The number of carbonyl (C=O) groups is 2. The molecular weight excluding hydrogens is 419 g/mol. The van der Waals surface area contributed by atoms with Crippen molar-refractivity contribution in [3.05, 3.63) is 90.2 Å². The fourth-order valence-electron chi connectivity index (χ4n) is 2.66. The van der Waals surface area contributed by atoms with Gasteiger partial charge in [-0.05, 0) is 41.3 Å². The molecule has 1 N–H and O–H groups in total. The van der Waals surface area contributed by atoms with Crippen LogP contribution < -0.4 is 5.56 Å². The summed E-state index contributed by atoms with van der Waals surface area (Å²) in [5.74, 6) is -1.19. The van der Waals surface area contributed by atoms with Crippen LogP contribution >= 0.6 is 23.2 Å². The summed E-state index contributed by atoms with van der Waals surface area (Å²) in [5.41, 5.74) is -0.185. The zero-order valence-electron chi connectivity index (χ0n) is 14.6. The highest BCUT2D eigenvalue weighted by Crippen LogP contribution is 2.25. The van der Waals surface area contributed by atoms with E-state index in [2.05, 4.69) is 4.98 Å². The van der Waals surface area contributed by atoms with Crippen LogP contribution in [0.5, 0.6) is 0 Å². The van der Waals surface area contributed by atoms with Crippen LogP contribution in [0.4, 0.5) is 5.69 Å². The number of benzene rings is 2. The average molecular weight is 431 g/mol. The van der Waals surface area contributed by atoms with Gasteiger partial charge in [-0.1, -0.05) is 41.4 Å². The molecule has 1 heterocycles. The molecule has 0 unspecified atom stereocenters. The molecule has 1 aromatic heterocycles. The first-order chi connectivity index (χ1) is 13.7. The van der Waals surface area contributed by atoms with E-state index < -0.39 is 28.5 Å². The molecule has 0 aliphatic rings. The minimum Gasteiger partial charge on any atom is -0.321 e. The number of pyridine rings is 1. The lowest BCUT2D eigenvalue weighted by Crippen LogP contribution is -2.19. The van der Waals surface area contributed by atoms with E-state index in [0.717, 1.165) is 6.08 Å². The predicted molar refractivity (Wildman–Crippen MR) is 111 cm³/mol. The van der Waals surface area contributed by atoms with Crippen LogP contribution in [0.1, 0.15) is 22.3 Å². The lowest BCUT2D eigenvalue weighted by atomic mass is 10.0. The van der Waals surface area contributed by atoms with Crippen LogP contribution in [0.3, 0.4) is 0 Å². The maximum absolute atomic E-state index is 12.4. The first kappa shape index (κ1) is 20.4. The Morgan fingerprint density at radius 2 is 1.86 bits per heavy atom. The van der Waals surface area contributed by atoms with Gasteiger partial charge in [0.2, 0.25) is 0 Å². The third kappa shape index (κ3) is 4.77. The van der Waals surface area contributed by atoms with Gasteiger partial charge in [0, 0.05) is 16.6 Å². The summed E-state index contributed by atoms with van der Waals surface area (Å²) in [6, 6.07) is 10.3. The van der Waals surface area contributed by atoms with E-state index in [4.69, 9.17) is 23.2 Å². The minimum absolute atomic E-state index is 0.0227. The maximum Gasteiger partial charge on any atom is 0.288 e. The molecule has 3 aromatic rings. The second-order valence-corrected chi connectivity index (χ2v) is 6.95. The van der Waals surface area contributed by atoms with Crippen LogP contribution in [-0.2, 0) is 4.79 Å². The van der Waals surface area contributed by atoms with Crippen molar-refractivity contribution >= 4 is 57.4 Å². The molecule has 0 amide bonds. The van der Waals surface area contributed by atoms with Crippen molar-refractivity contribution in [1.82, 2.24) is 4.98 Å². The van der Waals surface area contributed by atoms with E-state index in [9.17, 15) is 24.5 Å². The number of hydrogen-bond acceptors (Lipinski definition) is 5. The van der Waals surface area contributed by atoms with Gasteiger partial charge in [-0.25, -0.2) is 0 Å². The van der Waals surface area contributed by atoms with Crippen molar-refractivity contribution < 1.29 is 14.5 Å². The molecule has 0 bridgehead atoms. The van der Waals surface area contributed by atoms with E-state index in [1.165, 1.54) is 30.3 Å². The summed E-state index contributed by atoms with van der Waals surface area (Å²) < 4.78 is 0. The van der Waals surface area contributed by atoms with E-state index in [1.54, 1.807) is 18.2 Å². The number of carbonyl (C=O) groups excluding carboxylic acids is 2. The number of nitrogens with one attached hydrogen (secondary N) is 1. The summed E-state index contributed by atoms with van der Waals surface area (Å²) in [4.78, 5) is 49.5. The van der Waals surface area contributed by atoms with Crippen molar-refractivity contribution in [3.63, 3.8) is 0 Å². The molecule has 0 radical (unpaired) electrons. The summed E-state index contributed by atoms with van der Waals surface area (Å²) >= 11 is 11.6. The Labute approximate surface area is 173 Å². The van der Waals surface area contributed by atoms with Gasteiger partial charge < -0.3 is 4.98 Å². The van der Waals surface area contributed by atoms with Crippen LogP contribution in [-0.4, -0.2) is 21.5 Å². The van der Waals surface area contributed by atoms with Crippen LogP contribution in [0.2, 0.25) is 10.0 Å². The Kier molecular flexibility index (Phi) is 5.91. The van der Waals surface area contributed by atoms with Gasteiger partial charge in [0.15, 0.2) is 11.6 Å². The normalized spacial score (nSPS) is 11.1. The van der Waals surface area contributed by atoms with Gasteiger partial charge in [0.25, 0.3) is 11.2 Å². The SMILES string of the molecule is O=C(/C=C\c1ccc(Cl)c([N+](=O)[O-])c1)CC(=O)c1cc2ccc(Cl)cc2[nH]c1=O. The van der Waals surface area contributed by atoms with E-state index >= 15 is 0 Å². The Balaban J connectivity index is 1.77. The Morgan fingerprint density at radius 1 is 1.10 bits per heavy atom. The lowest BCUT2D eigenvalue weighted by Gasteiger charge is -2.02. The molecule has 29 heavy (non-hydrogen) atoms. The van der Waals surface area contributed by atoms with Crippen molar-refractivity contribution in [2.24, 2.45) is 0 Å². The fourth-order valence-corrected chi connectivity index (χ4v) is 3.01. The van der Waals surface area contributed by atoms with Gasteiger partial charge >= 0.3 is 0 Å². The Morgan fingerprint density at radius 3 is 2.59 bits per heavy atom. The van der Waals surface area contributed by atoms with Crippen LogP contribution in [0.15, 0.2) is 53.3 Å². The van der Waals surface area contributed by atoms with Gasteiger partial charge in [-0.15, -0.1) is 0 Å². The number of aromatic amines is 1. The molecule has 2 aromatic carbocycles. The first-order valence-electron chi connectivity index (χ1n) is 8.25. The summed E-state index contributed by atoms with van der Waals surface area (Å²) in [6.45, 7) is 0. The zero-order chi connectivity index (χ0) is 21.1. The number of ketones is 2. The lowest BCUT2D eigenvalue weighted by molar-refractivity contribution is -0.384. The minimum atomic E-state index is -0.639. The molecule has 146 valence electrons. The molecule has 7 nitrogen and oxygen atoms in total. The highest BCUT2D eigenvalue weighted by atomic mass is 35.5. The number of aromatic nitrogens is 1. The van der Waals surface area contributed by atoms with Gasteiger partial charge in [-0.3, -0.25) is 24.5 Å². The monoisotopic (exact) mass is 430 g/mol. The molecular formula is C20H12Cl2N2O5. The fraction of sp³-hybridized carbons (Fsp3) is 0.0500. The molecule has 0 aliphatic carbocycles. The quantitative estimate of drug-likeness (QED) is 0.202. The van der Waals surface area contributed by atoms with Crippen LogP contribution in [0.25, 0.3) is 17.0 Å². The number of allylic oxidation sites excluding steroid dienone is 1. The summed E-state index contributed by atoms with van der Waals surface area (Å²) in [5, 5.41) is 11.9.